The van der Waals surface area contributed by atoms with Gasteiger partial charge in [-0.1, -0.05) is 35.5 Å². The highest BCUT2D eigenvalue weighted by molar-refractivity contribution is 6.02. The molecule has 1 amide bonds. The number of methoxy groups -OCH3 is 1. The van der Waals surface area contributed by atoms with Gasteiger partial charge < -0.3 is 14.2 Å². The molecular formula is C23H26N4O3. The molecule has 0 aliphatic carbocycles. The third-order valence-electron chi connectivity index (χ3n) is 5.50. The summed E-state index contributed by atoms with van der Waals surface area (Å²) in [6, 6.07) is 11.6. The Bertz CT molecular complexity index is 1000. The fourth-order valence-corrected chi connectivity index (χ4v) is 3.97. The lowest BCUT2D eigenvalue weighted by Gasteiger charge is -2.34. The largest absolute Gasteiger partial charge is 0.384 e. The molecule has 1 aliphatic heterocycles. The first-order valence-electron chi connectivity index (χ1n) is 10.3. The van der Waals surface area contributed by atoms with Gasteiger partial charge in [0, 0.05) is 26.3 Å². The van der Waals surface area contributed by atoms with Crippen LogP contribution in [0.15, 0.2) is 47.1 Å². The molecule has 0 radical (unpaired) electrons. The van der Waals surface area contributed by atoms with Crippen LogP contribution in [0.4, 0.5) is 0 Å². The van der Waals surface area contributed by atoms with Crippen LogP contribution in [0.1, 0.15) is 53.1 Å². The summed E-state index contributed by atoms with van der Waals surface area (Å²) in [5.41, 5.74) is 3.25. The fraction of sp³-hybridized carbons (Fsp3) is 0.391. The minimum absolute atomic E-state index is 0.0409. The van der Waals surface area contributed by atoms with Crippen LogP contribution in [0.3, 0.4) is 0 Å². The summed E-state index contributed by atoms with van der Waals surface area (Å²) < 4.78 is 10.6. The van der Waals surface area contributed by atoms with E-state index in [9.17, 15) is 4.79 Å². The van der Waals surface area contributed by atoms with Crippen molar-refractivity contribution in [3.05, 3.63) is 65.6 Å². The van der Waals surface area contributed by atoms with Crippen LogP contribution in [0.25, 0.3) is 11.1 Å². The number of aromatic nitrogens is 3. The first kappa shape index (κ1) is 20.2. The summed E-state index contributed by atoms with van der Waals surface area (Å²) in [5, 5.41) is 4.06. The first-order valence-corrected chi connectivity index (χ1v) is 10.3. The zero-order chi connectivity index (χ0) is 20.9. The van der Waals surface area contributed by atoms with E-state index in [2.05, 4.69) is 15.1 Å². The molecule has 4 rings (SSSR count). The number of hydrogen-bond acceptors (Lipinski definition) is 6. The van der Waals surface area contributed by atoms with Crippen LogP contribution in [-0.4, -0.2) is 46.2 Å². The van der Waals surface area contributed by atoms with Crippen molar-refractivity contribution in [3.63, 3.8) is 0 Å². The Morgan fingerprint density at radius 1 is 1.23 bits per heavy atom. The fourth-order valence-electron chi connectivity index (χ4n) is 3.97. The van der Waals surface area contributed by atoms with E-state index >= 15 is 0 Å². The molecule has 1 saturated heterocycles. The number of hydrogen-bond donors (Lipinski definition) is 0. The lowest BCUT2D eigenvalue weighted by Crippen LogP contribution is -2.39. The molecule has 0 N–H and O–H groups in total. The van der Waals surface area contributed by atoms with Gasteiger partial charge in [0.2, 0.25) is 5.89 Å². The molecule has 7 heteroatoms. The van der Waals surface area contributed by atoms with Gasteiger partial charge in [-0.15, -0.1) is 0 Å². The van der Waals surface area contributed by atoms with E-state index < -0.39 is 0 Å². The molecule has 2 aromatic heterocycles. The summed E-state index contributed by atoms with van der Waals surface area (Å²) in [6.07, 6.45) is 5.11. The van der Waals surface area contributed by atoms with Gasteiger partial charge in [0.1, 0.15) is 6.04 Å². The Morgan fingerprint density at radius 2 is 2.07 bits per heavy atom. The smallest absolute Gasteiger partial charge is 0.257 e. The standard InChI is InChI=1S/C23H26N4O3/c1-16-21(18(11-13-24-16)17-8-4-3-5-9-17)23(28)27-14-7-6-10-19(27)22-25-20(26-30-22)12-15-29-2/h3-5,8-9,11,13,19H,6-7,10,12,14-15H2,1-2H3. The van der Waals surface area contributed by atoms with Gasteiger partial charge in [0.25, 0.3) is 5.91 Å². The SMILES string of the molecule is COCCc1noc(C2CCCCN2C(=O)c2c(-c3ccccc3)ccnc2C)n1. The van der Waals surface area contributed by atoms with E-state index in [0.29, 0.717) is 36.9 Å². The van der Waals surface area contributed by atoms with Crippen LogP contribution in [0.2, 0.25) is 0 Å². The Kier molecular flexibility index (Phi) is 6.18. The third kappa shape index (κ3) is 4.11. The zero-order valence-electron chi connectivity index (χ0n) is 17.4. The number of piperidine rings is 1. The molecule has 1 fully saturated rings. The van der Waals surface area contributed by atoms with E-state index in [1.165, 1.54) is 0 Å². The van der Waals surface area contributed by atoms with E-state index in [-0.39, 0.29) is 11.9 Å². The van der Waals surface area contributed by atoms with Crippen molar-refractivity contribution in [2.45, 2.75) is 38.6 Å². The number of nitrogens with zero attached hydrogens (tertiary/aromatic N) is 4. The molecule has 0 saturated carbocycles. The minimum atomic E-state index is -0.224. The average Bonchev–Trinajstić information content (AvgIpc) is 3.26. The van der Waals surface area contributed by atoms with Crippen molar-refractivity contribution in [1.82, 2.24) is 20.0 Å². The molecule has 1 atom stereocenters. The van der Waals surface area contributed by atoms with Gasteiger partial charge in [-0.2, -0.15) is 4.98 Å². The number of aryl methyl sites for hydroxylation is 1. The quantitative estimate of drug-likeness (QED) is 0.616. The van der Waals surface area contributed by atoms with Gasteiger partial charge in [0.05, 0.1) is 17.9 Å². The van der Waals surface area contributed by atoms with Gasteiger partial charge in [0.15, 0.2) is 5.82 Å². The Morgan fingerprint density at radius 3 is 2.87 bits per heavy atom. The molecule has 30 heavy (non-hydrogen) atoms. The maximum absolute atomic E-state index is 13.8. The highest BCUT2D eigenvalue weighted by Gasteiger charge is 2.34. The Labute approximate surface area is 176 Å². The first-order chi connectivity index (χ1) is 14.7. The summed E-state index contributed by atoms with van der Waals surface area (Å²) in [5.74, 6) is 1.06. The molecule has 3 heterocycles. The second-order valence-corrected chi connectivity index (χ2v) is 7.49. The molecule has 156 valence electrons. The van der Waals surface area contributed by atoms with E-state index in [0.717, 1.165) is 36.1 Å². The Balaban J connectivity index is 1.67. The molecule has 0 spiro atoms. The monoisotopic (exact) mass is 406 g/mol. The van der Waals surface area contributed by atoms with Gasteiger partial charge in [-0.25, -0.2) is 0 Å². The summed E-state index contributed by atoms with van der Waals surface area (Å²) in [4.78, 5) is 24.6. The van der Waals surface area contributed by atoms with E-state index in [1.54, 1.807) is 13.3 Å². The molecule has 1 unspecified atom stereocenters. The van der Waals surface area contributed by atoms with Crippen LogP contribution in [0.5, 0.6) is 0 Å². The predicted octanol–water partition coefficient (Wildman–Crippen LogP) is 4.00. The topological polar surface area (TPSA) is 81.4 Å². The third-order valence-corrected chi connectivity index (χ3v) is 5.50. The highest BCUT2D eigenvalue weighted by atomic mass is 16.5. The van der Waals surface area contributed by atoms with Crippen LogP contribution < -0.4 is 0 Å². The van der Waals surface area contributed by atoms with Crippen molar-refractivity contribution in [2.24, 2.45) is 0 Å². The van der Waals surface area contributed by atoms with Crippen molar-refractivity contribution >= 4 is 5.91 Å². The predicted molar refractivity (Wildman–Crippen MR) is 112 cm³/mol. The summed E-state index contributed by atoms with van der Waals surface area (Å²) in [7, 11) is 1.64. The number of rotatable bonds is 6. The van der Waals surface area contributed by atoms with Crippen molar-refractivity contribution in [1.29, 1.82) is 0 Å². The molecular weight excluding hydrogens is 380 g/mol. The summed E-state index contributed by atoms with van der Waals surface area (Å²) >= 11 is 0. The molecule has 0 bridgehead atoms. The molecule has 7 nitrogen and oxygen atoms in total. The maximum atomic E-state index is 13.8. The second-order valence-electron chi connectivity index (χ2n) is 7.49. The van der Waals surface area contributed by atoms with Crippen LogP contribution in [-0.2, 0) is 11.2 Å². The zero-order valence-corrected chi connectivity index (χ0v) is 17.4. The van der Waals surface area contributed by atoms with E-state index in [1.807, 2.05) is 48.2 Å². The number of benzene rings is 1. The summed E-state index contributed by atoms with van der Waals surface area (Å²) in [6.45, 7) is 3.07. The highest BCUT2D eigenvalue weighted by Crippen LogP contribution is 2.34. The normalized spacial score (nSPS) is 16.6. The maximum Gasteiger partial charge on any atom is 0.257 e. The lowest BCUT2D eigenvalue weighted by atomic mass is 9.95. The number of carbonyl (C=O) groups is 1. The number of amides is 1. The van der Waals surface area contributed by atoms with Crippen LogP contribution >= 0.6 is 0 Å². The van der Waals surface area contributed by atoms with E-state index in [4.69, 9.17) is 9.26 Å². The second kappa shape index (κ2) is 9.17. The number of carbonyl (C=O) groups excluding carboxylic acids is 1. The molecule has 1 aliphatic rings. The average molecular weight is 406 g/mol. The van der Waals surface area contributed by atoms with Gasteiger partial charge in [-0.3, -0.25) is 9.78 Å². The Hall–Kier alpha value is -3.06. The van der Waals surface area contributed by atoms with Gasteiger partial charge in [-0.05, 0) is 43.4 Å². The van der Waals surface area contributed by atoms with Gasteiger partial charge >= 0.3 is 0 Å². The van der Waals surface area contributed by atoms with Crippen molar-refractivity contribution in [3.8, 4) is 11.1 Å². The number of ether oxygens (including phenoxy) is 1. The number of likely N-dealkylation sites (tertiary alicyclic amines) is 1. The van der Waals surface area contributed by atoms with Crippen molar-refractivity contribution in [2.75, 3.05) is 20.3 Å². The lowest BCUT2D eigenvalue weighted by molar-refractivity contribution is 0.0561. The molecule has 1 aromatic carbocycles. The van der Waals surface area contributed by atoms with Crippen LogP contribution in [0, 0.1) is 6.92 Å². The van der Waals surface area contributed by atoms with Crippen molar-refractivity contribution < 1.29 is 14.1 Å². The number of pyridine rings is 1. The molecule has 3 aromatic rings. The minimum Gasteiger partial charge on any atom is -0.384 e.